The summed E-state index contributed by atoms with van der Waals surface area (Å²) in [7, 11) is 0. The van der Waals surface area contributed by atoms with Gasteiger partial charge in [-0.05, 0) is 48.5 Å². The van der Waals surface area contributed by atoms with Crippen molar-refractivity contribution in [1.29, 1.82) is 0 Å². The molecule has 0 aromatic heterocycles. The molecule has 0 spiro atoms. The van der Waals surface area contributed by atoms with Gasteiger partial charge >= 0.3 is 0 Å². The lowest BCUT2D eigenvalue weighted by atomic mass is 10.3. The minimum Gasteiger partial charge on any atom is -0.399 e. The van der Waals surface area contributed by atoms with Gasteiger partial charge in [0, 0.05) is 15.5 Å². The van der Waals surface area contributed by atoms with Crippen molar-refractivity contribution in [1.82, 2.24) is 0 Å². The van der Waals surface area contributed by atoms with E-state index >= 15 is 0 Å². The lowest BCUT2D eigenvalue weighted by molar-refractivity contribution is 1.37. The Morgan fingerprint density at radius 1 is 0.800 bits per heavy atom. The van der Waals surface area contributed by atoms with Crippen LogP contribution in [0.2, 0.25) is 0 Å². The fraction of sp³-hybridized carbons (Fsp3) is 0. The van der Waals surface area contributed by atoms with E-state index in [0.717, 1.165) is 21.2 Å². The molecule has 0 bridgehead atoms. The Bertz CT molecular complexity index is 552. The van der Waals surface area contributed by atoms with E-state index in [1.807, 2.05) is 48.5 Å². The second-order valence-corrected chi connectivity index (χ2v) is 4.85. The normalized spacial score (nSPS) is 9.00. The number of benzene rings is 2. The zero-order valence-corrected chi connectivity index (χ0v) is 13.0. The summed E-state index contributed by atoms with van der Waals surface area (Å²) < 4.78 is 0. The van der Waals surface area contributed by atoms with E-state index in [-0.39, 0.29) is 30.8 Å². The maximum Gasteiger partial charge on any atom is 0.191 e. The summed E-state index contributed by atoms with van der Waals surface area (Å²) in [5, 5.41) is 0. The molecule has 0 saturated heterocycles. The van der Waals surface area contributed by atoms with Crippen LogP contribution in [0.4, 0.5) is 11.4 Å². The molecule has 4 nitrogen and oxygen atoms in total. The molecule has 0 aliphatic carbocycles. The average Bonchev–Trinajstić information content (AvgIpc) is 2.34. The first-order valence-corrected chi connectivity index (χ1v) is 6.18. The Morgan fingerprint density at radius 3 is 1.70 bits per heavy atom. The van der Waals surface area contributed by atoms with Gasteiger partial charge in [0.1, 0.15) is 0 Å². The number of nitrogen functional groups attached to an aromatic ring is 1. The Morgan fingerprint density at radius 2 is 1.25 bits per heavy atom. The van der Waals surface area contributed by atoms with E-state index in [1.165, 1.54) is 0 Å². The molecule has 0 heterocycles. The van der Waals surface area contributed by atoms with Crippen LogP contribution in [0.15, 0.2) is 63.3 Å². The topological polar surface area (TPSA) is 90.4 Å². The molecule has 0 amide bonds. The molecule has 2 aromatic rings. The summed E-state index contributed by atoms with van der Waals surface area (Å²) in [4.78, 5) is 6.22. The van der Waals surface area contributed by atoms with Crippen molar-refractivity contribution in [3.8, 4) is 0 Å². The summed E-state index contributed by atoms with van der Waals surface area (Å²) >= 11 is 1.66. The molecule has 6 N–H and O–H groups in total. The molecule has 20 heavy (non-hydrogen) atoms. The number of hydrogen-bond acceptors (Lipinski definition) is 3. The third kappa shape index (κ3) is 5.61. The van der Waals surface area contributed by atoms with Crippen molar-refractivity contribution in [2.75, 3.05) is 5.73 Å². The van der Waals surface area contributed by atoms with Crippen LogP contribution in [0.25, 0.3) is 0 Å². The molecule has 7 heteroatoms. The molecule has 2 aromatic carbocycles. The largest absolute Gasteiger partial charge is 0.399 e. The van der Waals surface area contributed by atoms with E-state index in [1.54, 1.807) is 11.8 Å². The molecule has 0 saturated carbocycles. The van der Waals surface area contributed by atoms with Gasteiger partial charge in [-0.2, -0.15) is 0 Å². The van der Waals surface area contributed by atoms with E-state index in [0.29, 0.717) is 0 Å². The SMILES string of the molecule is Cl.Cl.NC(N)=Nc1ccc(Sc2ccc(N)cc2)cc1. The Labute approximate surface area is 134 Å². The van der Waals surface area contributed by atoms with E-state index in [9.17, 15) is 0 Å². The first kappa shape index (κ1) is 18.4. The number of rotatable bonds is 3. The highest BCUT2D eigenvalue weighted by Gasteiger charge is 1.98. The smallest absolute Gasteiger partial charge is 0.191 e. The van der Waals surface area contributed by atoms with Gasteiger partial charge in [-0.15, -0.1) is 24.8 Å². The first-order valence-electron chi connectivity index (χ1n) is 5.36. The summed E-state index contributed by atoms with van der Waals surface area (Å²) in [6, 6.07) is 15.4. The van der Waals surface area contributed by atoms with Crippen LogP contribution >= 0.6 is 36.6 Å². The number of aliphatic imine (C=N–C) groups is 1. The van der Waals surface area contributed by atoms with E-state index in [4.69, 9.17) is 17.2 Å². The van der Waals surface area contributed by atoms with Gasteiger partial charge in [-0.3, -0.25) is 0 Å². The highest BCUT2D eigenvalue weighted by molar-refractivity contribution is 7.99. The fourth-order valence-corrected chi connectivity index (χ4v) is 2.23. The molecule has 0 radical (unpaired) electrons. The molecule has 0 fully saturated rings. The lowest BCUT2D eigenvalue weighted by Gasteiger charge is -2.02. The van der Waals surface area contributed by atoms with Crippen molar-refractivity contribution in [3.63, 3.8) is 0 Å². The lowest BCUT2D eigenvalue weighted by Crippen LogP contribution is -2.21. The second kappa shape index (κ2) is 8.58. The molecule has 108 valence electrons. The Hall–Kier alpha value is -1.56. The summed E-state index contributed by atoms with van der Waals surface area (Å²) in [5.74, 6) is 0.0638. The summed E-state index contributed by atoms with van der Waals surface area (Å²) in [6.45, 7) is 0. The third-order valence-corrected chi connectivity index (χ3v) is 3.23. The monoisotopic (exact) mass is 330 g/mol. The average molecular weight is 331 g/mol. The summed E-state index contributed by atoms with van der Waals surface area (Å²) in [6.07, 6.45) is 0. The molecule has 2 rings (SSSR count). The quantitative estimate of drug-likeness (QED) is 0.458. The Kier molecular flexibility index (Phi) is 7.91. The van der Waals surface area contributed by atoms with Crippen molar-refractivity contribution < 1.29 is 0 Å². The first-order chi connectivity index (χ1) is 8.63. The van der Waals surface area contributed by atoms with Crippen LogP contribution in [0.1, 0.15) is 0 Å². The van der Waals surface area contributed by atoms with Crippen LogP contribution in [0.5, 0.6) is 0 Å². The van der Waals surface area contributed by atoms with Crippen LogP contribution in [-0.2, 0) is 0 Å². The molecule has 0 unspecified atom stereocenters. The fourth-order valence-electron chi connectivity index (χ4n) is 1.41. The zero-order chi connectivity index (χ0) is 13.0. The Balaban J connectivity index is 0.00000180. The minimum atomic E-state index is 0. The van der Waals surface area contributed by atoms with Gasteiger partial charge < -0.3 is 17.2 Å². The maximum absolute atomic E-state index is 5.64. The van der Waals surface area contributed by atoms with E-state index in [2.05, 4.69) is 4.99 Å². The minimum absolute atomic E-state index is 0. The number of nitrogens with two attached hydrogens (primary N) is 3. The van der Waals surface area contributed by atoms with Crippen molar-refractivity contribution in [2.45, 2.75) is 9.79 Å². The highest BCUT2D eigenvalue weighted by Crippen LogP contribution is 2.29. The van der Waals surface area contributed by atoms with Gasteiger partial charge in [-0.25, -0.2) is 4.99 Å². The standard InChI is InChI=1S/C13H14N4S.2ClH/c14-9-1-5-11(6-2-9)18-12-7-3-10(4-8-12)17-13(15)16;;/h1-8H,14H2,(H4,15,16,17);2*1H. The summed E-state index contributed by atoms with van der Waals surface area (Å²) in [5.41, 5.74) is 17.8. The predicted molar refractivity (Wildman–Crippen MR) is 91.4 cm³/mol. The molecule has 0 atom stereocenters. The predicted octanol–water partition coefficient (Wildman–Crippen LogP) is 3.17. The maximum atomic E-state index is 5.64. The van der Waals surface area contributed by atoms with Crippen molar-refractivity contribution in [2.24, 2.45) is 16.5 Å². The number of hydrogen-bond donors (Lipinski definition) is 3. The van der Waals surface area contributed by atoms with Crippen LogP contribution < -0.4 is 17.2 Å². The van der Waals surface area contributed by atoms with Crippen molar-refractivity contribution >= 4 is 53.9 Å². The van der Waals surface area contributed by atoms with Crippen molar-refractivity contribution in [3.05, 3.63) is 48.5 Å². The number of halogens is 2. The second-order valence-electron chi connectivity index (χ2n) is 3.70. The highest BCUT2D eigenvalue weighted by atomic mass is 35.5. The molecule has 0 aliphatic rings. The third-order valence-electron chi connectivity index (χ3n) is 2.21. The molecular weight excluding hydrogens is 315 g/mol. The van der Waals surface area contributed by atoms with Gasteiger partial charge in [0.15, 0.2) is 5.96 Å². The van der Waals surface area contributed by atoms with Crippen LogP contribution in [0, 0.1) is 0 Å². The van der Waals surface area contributed by atoms with Gasteiger partial charge in [-0.1, -0.05) is 11.8 Å². The van der Waals surface area contributed by atoms with E-state index < -0.39 is 0 Å². The van der Waals surface area contributed by atoms with Gasteiger partial charge in [0.05, 0.1) is 5.69 Å². The van der Waals surface area contributed by atoms with Crippen LogP contribution in [-0.4, -0.2) is 5.96 Å². The number of anilines is 1. The number of nitrogens with zero attached hydrogens (tertiary/aromatic N) is 1. The molecular formula is C13H16Cl2N4S. The van der Waals surface area contributed by atoms with Gasteiger partial charge in [0.25, 0.3) is 0 Å². The number of guanidine groups is 1. The van der Waals surface area contributed by atoms with Crippen LogP contribution in [0.3, 0.4) is 0 Å². The molecule has 0 aliphatic heterocycles. The van der Waals surface area contributed by atoms with Gasteiger partial charge in [0.2, 0.25) is 0 Å². The zero-order valence-electron chi connectivity index (χ0n) is 10.5.